The molecule has 0 radical (unpaired) electrons. The van der Waals surface area contributed by atoms with Crippen LogP contribution in [-0.4, -0.2) is 17.5 Å². The van der Waals surface area contributed by atoms with Crippen molar-refractivity contribution in [3.05, 3.63) is 28.2 Å². The molecule has 4 nitrogen and oxygen atoms in total. The minimum atomic E-state index is -0.634. The minimum Gasteiger partial charge on any atom is -0.458 e. The first-order chi connectivity index (χ1) is 10.5. The van der Waals surface area contributed by atoms with Crippen molar-refractivity contribution < 1.29 is 14.3 Å². The first kappa shape index (κ1) is 15.6. The molecular weight excluding hydrogens is 325 g/mol. The molecule has 118 valence electrons. The smallest absolute Gasteiger partial charge is 0.307 e. The molecule has 1 atom stereocenters. The van der Waals surface area contributed by atoms with Crippen molar-refractivity contribution in [3.63, 3.8) is 0 Å². The van der Waals surface area contributed by atoms with Crippen LogP contribution in [0.1, 0.15) is 38.5 Å². The molecule has 1 aliphatic carbocycles. The summed E-state index contributed by atoms with van der Waals surface area (Å²) in [6.45, 7) is 0. The molecule has 1 N–H and O–H groups in total. The number of carbonyl (C=O) groups is 2. The maximum absolute atomic E-state index is 12.7. The van der Waals surface area contributed by atoms with Gasteiger partial charge in [0.05, 0.1) is 23.0 Å². The van der Waals surface area contributed by atoms with Crippen LogP contribution >= 0.6 is 23.2 Å². The zero-order valence-corrected chi connectivity index (χ0v) is 13.5. The van der Waals surface area contributed by atoms with Gasteiger partial charge in [-0.25, -0.2) is 0 Å². The number of nitrogens with one attached hydrogen (secondary N) is 1. The van der Waals surface area contributed by atoms with Gasteiger partial charge in [-0.3, -0.25) is 9.59 Å². The molecule has 22 heavy (non-hydrogen) atoms. The Bertz CT molecular complexity index is 611. The average Bonchev–Trinajstić information content (AvgIpc) is 2.80. The van der Waals surface area contributed by atoms with Crippen LogP contribution in [0.4, 0.5) is 5.69 Å². The monoisotopic (exact) mass is 341 g/mol. The van der Waals surface area contributed by atoms with Crippen molar-refractivity contribution in [2.75, 3.05) is 5.32 Å². The largest absolute Gasteiger partial charge is 0.458 e. The minimum absolute atomic E-state index is 0.129. The standard InChI is InChI=1S/C16H17Cl2NO3/c17-10-4-5-12(18)13(8-10)19-15(21)11-9-14(20)22-16(11)6-2-1-3-7-16/h4-5,8,11H,1-3,6-7,9H2,(H,19,21)/t11-/m0/s1. The normalized spacial score (nSPS) is 23.4. The van der Waals surface area contributed by atoms with Crippen molar-refractivity contribution in [2.24, 2.45) is 5.92 Å². The van der Waals surface area contributed by atoms with Gasteiger partial charge in [0.15, 0.2) is 0 Å². The number of benzene rings is 1. The lowest BCUT2D eigenvalue weighted by atomic mass is 9.75. The highest BCUT2D eigenvalue weighted by molar-refractivity contribution is 6.35. The van der Waals surface area contributed by atoms with E-state index in [1.165, 1.54) is 0 Å². The molecule has 1 heterocycles. The van der Waals surface area contributed by atoms with Crippen LogP contribution in [0.25, 0.3) is 0 Å². The third kappa shape index (κ3) is 2.95. The summed E-state index contributed by atoms with van der Waals surface area (Å²) in [5.41, 5.74) is -0.172. The molecule has 0 unspecified atom stereocenters. The van der Waals surface area contributed by atoms with E-state index in [9.17, 15) is 9.59 Å². The van der Waals surface area contributed by atoms with Crippen LogP contribution in [0.15, 0.2) is 18.2 Å². The zero-order chi connectivity index (χ0) is 15.7. The summed E-state index contributed by atoms with van der Waals surface area (Å²) in [5, 5.41) is 3.71. The van der Waals surface area contributed by atoms with E-state index in [0.29, 0.717) is 15.7 Å². The van der Waals surface area contributed by atoms with E-state index in [0.717, 1.165) is 32.1 Å². The van der Waals surface area contributed by atoms with Crippen molar-refractivity contribution in [1.82, 2.24) is 0 Å². The second kappa shape index (κ2) is 6.09. The molecule has 3 rings (SSSR count). The Morgan fingerprint density at radius 2 is 1.95 bits per heavy atom. The Morgan fingerprint density at radius 1 is 1.23 bits per heavy atom. The molecule has 2 aliphatic rings. The SMILES string of the molecule is O=C1C[C@@H](C(=O)Nc2cc(Cl)ccc2Cl)C2(CCCCC2)O1. The summed E-state index contributed by atoms with van der Waals surface area (Å²) in [5.74, 6) is -0.980. The Morgan fingerprint density at radius 3 is 2.68 bits per heavy atom. The topological polar surface area (TPSA) is 55.4 Å². The summed E-state index contributed by atoms with van der Waals surface area (Å²) >= 11 is 12.0. The number of hydrogen-bond acceptors (Lipinski definition) is 3. The van der Waals surface area contributed by atoms with Gasteiger partial charge in [-0.05, 0) is 43.9 Å². The molecule has 6 heteroatoms. The second-order valence-corrected chi connectivity index (χ2v) is 6.81. The molecule has 1 aromatic rings. The van der Waals surface area contributed by atoms with Gasteiger partial charge < -0.3 is 10.1 Å². The number of amides is 1. The van der Waals surface area contributed by atoms with Crippen molar-refractivity contribution in [1.29, 1.82) is 0 Å². The average molecular weight is 342 g/mol. The quantitative estimate of drug-likeness (QED) is 0.820. The highest BCUT2D eigenvalue weighted by Crippen LogP contribution is 2.44. The Balaban J connectivity index is 1.81. The Labute approximate surface area is 139 Å². The first-order valence-electron chi connectivity index (χ1n) is 7.48. The second-order valence-electron chi connectivity index (χ2n) is 5.97. The molecule has 0 bridgehead atoms. The number of halogens is 2. The van der Waals surface area contributed by atoms with E-state index < -0.39 is 11.5 Å². The van der Waals surface area contributed by atoms with E-state index in [-0.39, 0.29) is 18.3 Å². The predicted octanol–water partition coefficient (Wildman–Crippen LogP) is 4.20. The first-order valence-corrected chi connectivity index (χ1v) is 8.23. The third-order valence-corrected chi connectivity index (χ3v) is 5.09. The van der Waals surface area contributed by atoms with Crippen LogP contribution in [-0.2, 0) is 14.3 Å². The summed E-state index contributed by atoms with van der Waals surface area (Å²) in [7, 11) is 0. The molecule has 1 saturated carbocycles. The van der Waals surface area contributed by atoms with E-state index in [1.807, 2.05) is 0 Å². The number of ether oxygens (including phenoxy) is 1. The lowest BCUT2D eigenvalue weighted by molar-refractivity contribution is -0.153. The fourth-order valence-electron chi connectivity index (χ4n) is 3.44. The maximum atomic E-state index is 12.7. The van der Waals surface area contributed by atoms with Crippen LogP contribution in [0.2, 0.25) is 10.0 Å². The number of hydrogen-bond donors (Lipinski definition) is 1. The van der Waals surface area contributed by atoms with Crippen LogP contribution in [0.5, 0.6) is 0 Å². The van der Waals surface area contributed by atoms with Crippen molar-refractivity contribution in [3.8, 4) is 0 Å². The van der Waals surface area contributed by atoms with Gasteiger partial charge in [-0.15, -0.1) is 0 Å². The summed E-state index contributed by atoms with van der Waals surface area (Å²) in [6.07, 6.45) is 4.71. The zero-order valence-electron chi connectivity index (χ0n) is 12.0. The molecule has 1 spiro atoms. The van der Waals surface area contributed by atoms with Crippen molar-refractivity contribution >= 4 is 40.8 Å². The van der Waals surface area contributed by atoms with Gasteiger partial charge in [-0.1, -0.05) is 29.6 Å². The molecular formula is C16H17Cl2NO3. The van der Waals surface area contributed by atoms with E-state index in [4.69, 9.17) is 27.9 Å². The van der Waals surface area contributed by atoms with E-state index >= 15 is 0 Å². The summed E-state index contributed by atoms with van der Waals surface area (Å²) in [6, 6.07) is 4.89. The summed E-state index contributed by atoms with van der Waals surface area (Å²) < 4.78 is 5.56. The van der Waals surface area contributed by atoms with E-state index in [1.54, 1.807) is 18.2 Å². The van der Waals surface area contributed by atoms with E-state index in [2.05, 4.69) is 5.32 Å². The van der Waals surface area contributed by atoms with Gasteiger partial charge in [0, 0.05) is 5.02 Å². The van der Waals surface area contributed by atoms with Gasteiger partial charge in [0.25, 0.3) is 0 Å². The van der Waals surface area contributed by atoms with Gasteiger partial charge in [0.1, 0.15) is 5.60 Å². The van der Waals surface area contributed by atoms with Gasteiger partial charge >= 0.3 is 5.97 Å². The maximum Gasteiger partial charge on any atom is 0.307 e. The van der Waals surface area contributed by atoms with Crippen molar-refractivity contribution in [2.45, 2.75) is 44.1 Å². The third-order valence-electron chi connectivity index (χ3n) is 4.53. The number of rotatable bonds is 2. The molecule has 1 aliphatic heterocycles. The number of anilines is 1. The molecule has 1 amide bonds. The number of esters is 1. The van der Waals surface area contributed by atoms with Crippen LogP contribution < -0.4 is 5.32 Å². The van der Waals surface area contributed by atoms with Gasteiger partial charge in [-0.2, -0.15) is 0 Å². The molecule has 2 fully saturated rings. The van der Waals surface area contributed by atoms with Gasteiger partial charge in [0.2, 0.25) is 5.91 Å². The lowest BCUT2D eigenvalue weighted by Crippen LogP contribution is -2.43. The Kier molecular flexibility index (Phi) is 4.33. The fourth-order valence-corrected chi connectivity index (χ4v) is 3.77. The molecule has 0 aromatic heterocycles. The fraction of sp³-hybridized carbons (Fsp3) is 0.500. The Hall–Kier alpha value is -1.26. The highest BCUT2D eigenvalue weighted by atomic mass is 35.5. The predicted molar refractivity (Wildman–Crippen MR) is 85.1 cm³/mol. The highest BCUT2D eigenvalue weighted by Gasteiger charge is 2.52. The molecule has 1 aromatic carbocycles. The van der Waals surface area contributed by atoms with Crippen LogP contribution in [0, 0.1) is 5.92 Å². The lowest BCUT2D eigenvalue weighted by Gasteiger charge is -2.36. The van der Waals surface area contributed by atoms with Crippen LogP contribution in [0.3, 0.4) is 0 Å². The summed E-state index contributed by atoms with van der Waals surface area (Å²) in [4.78, 5) is 24.4. The molecule has 1 saturated heterocycles. The number of carbonyl (C=O) groups excluding carboxylic acids is 2.